The topological polar surface area (TPSA) is 114 Å². The summed E-state index contributed by atoms with van der Waals surface area (Å²) in [6.07, 6.45) is 64.3. The molecule has 0 heterocycles. The van der Waals surface area contributed by atoms with Gasteiger partial charge in [-0.1, -0.05) is 276 Å². The maximum Gasteiger partial charge on any atom is 0.306 e. The van der Waals surface area contributed by atoms with Crippen LogP contribution in [0.2, 0.25) is 0 Å². The molecule has 1 amide bonds. The van der Waals surface area contributed by atoms with Gasteiger partial charge in [-0.05, 0) is 51.0 Å². The lowest BCUT2D eigenvalue weighted by atomic mass is 10.0. The average molecular weight is 1050 g/mol. The van der Waals surface area contributed by atoms with Gasteiger partial charge in [0.05, 0.1) is 33.8 Å². The Hall–Kier alpha value is -1.77. The van der Waals surface area contributed by atoms with E-state index in [-0.39, 0.29) is 18.9 Å². The van der Waals surface area contributed by atoms with Crippen LogP contribution >= 0.6 is 7.82 Å². The molecule has 0 spiro atoms. The monoisotopic (exact) mass is 1050 g/mol. The summed E-state index contributed by atoms with van der Waals surface area (Å²) < 4.78 is 30.2. The summed E-state index contributed by atoms with van der Waals surface area (Å²) in [5.74, 6) is -0.607. The Labute approximate surface area is 453 Å². The van der Waals surface area contributed by atoms with Crippen molar-refractivity contribution in [3.05, 3.63) is 36.5 Å². The van der Waals surface area contributed by atoms with Gasteiger partial charge in [0.25, 0.3) is 7.82 Å². The number of hydrogen-bond donors (Lipinski definition) is 1. The maximum absolute atomic E-state index is 13.5. The number of nitrogens with zero attached hydrogens (tertiary/aromatic N) is 1. The Bertz CT molecular complexity index is 1350. The van der Waals surface area contributed by atoms with Crippen molar-refractivity contribution in [2.24, 2.45) is 0 Å². The molecule has 0 saturated heterocycles. The average Bonchev–Trinajstić information content (AvgIpc) is 3.35. The number of nitrogens with one attached hydrogen (secondary N) is 1. The third-order valence-corrected chi connectivity index (χ3v) is 15.1. The molecular formula is C63H121N2O7P. The van der Waals surface area contributed by atoms with E-state index in [9.17, 15) is 19.0 Å². The first-order valence-electron chi connectivity index (χ1n) is 31.3. The van der Waals surface area contributed by atoms with E-state index in [1.807, 2.05) is 39.4 Å². The second kappa shape index (κ2) is 53.6. The van der Waals surface area contributed by atoms with Crippen LogP contribution in [0.5, 0.6) is 0 Å². The van der Waals surface area contributed by atoms with Crippen molar-refractivity contribution in [2.45, 2.75) is 315 Å². The number of esters is 1. The Kier molecular flexibility index (Phi) is 52.3. The molecule has 0 aliphatic rings. The molecule has 0 aliphatic carbocycles. The summed E-state index contributed by atoms with van der Waals surface area (Å²) in [5, 5.41) is 3.02. The highest BCUT2D eigenvalue weighted by molar-refractivity contribution is 7.45. The zero-order valence-corrected chi connectivity index (χ0v) is 50.0. The molecule has 9 nitrogen and oxygen atoms in total. The first kappa shape index (κ1) is 71.2. The number of carbonyl (C=O) groups excluding carboxylic acids is 2. The second-order valence-electron chi connectivity index (χ2n) is 22.6. The number of quaternary nitrogens is 1. The van der Waals surface area contributed by atoms with Gasteiger partial charge >= 0.3 is 5.97 Å². The number of carbonyl (C=O) groups is 2. The van der Waals surface area contributed by atoms with E-state index >= 15 is 0 Å². The van der Waals surface area contributed by atoms with Gasteiger partial charge in [0.15, 0.2) is 0 Å². The van der Waals surface area contributed by atoms with Crippen LogP contribution in [-0.4, -0.2) is 69.4 Å². The SMILES string of the molecule is CCCCCCCC/C=C\C/C=C/CCC(=O)OC(/C=C\CCCCCCCCCCC)C(COP(=O)([O-])OCC[N+](C)(C)C)NC(=O)CCCCCCCCCCCCCCCCCCCCCCCCC. The number of hydrogen-bond acceptors (Lipinski definition) is 7. The number of rotatable bonds is 57. The molecule has 3 atom stereocenters. The predicted octanol–water partition coefficient (Wildman–Crippen LogP) is 18.5. The largest absolute Gasteiger partial charge is 0.756 e. The second-order valence-corrected chi connectivity index (χ2v) is 24.0. The number of unbranched alkanes of at least 4 members (excludes halogenated alkanes) is 37. The van der Waals surface area contributed by atoms with E-state index in [2.05, 4.69) is 44.3 Å². The van der Waals surface area contributed by atoms with E-state index in [1.54, 1.807) is 0 Å². The molecule has 0 rings (SSSR count). The van der Waals surface area contributed by atoms with E-state index in [0.29, 0.717) is 23.9 Å². The molecule has 10 heteroatoms. The first-order chi connectivity index (χ1) is 35.4. The summed E-state index contributed by atoms with van der Waals surface area (Å²) in [6, 6.07) is -0.906. The predicted molar refractivity (Wildman–Crippen MR) is 312 cm³/mol. The van der Waals surface area contributed by atoms with Crippen LogP contribution in [0.1, 0.15) is 303 Å². The van der Waals surface area contributed by atoms with Crippen molar-refractivity contribution in [1.29, 1.82) is 0 Å². The molecule has 0 aromatic rings. The van der Waals surface area contributed by atoms with Crippen LogP contribution in [-0.2, 0) is 27.9 Å². The van der Waals surface area contributed by atoms with Crippen LogP contribution in [0.25, 0.3) is 0 Å². The standard InChI is InChI=1S/C63H121N2O7P/c1-7-10-13-16-19-22-25-27-28-29-30-31-32-33-34-35-36-38-40-43-46-49-52-55-62(66)64-60(59-71-73(68,69)70-58-57-65(4,5)6)61(54-51-48-45-42-39-24-21-18-15-12-9-3)72-63(67)56-53-50-47-44-41-37-26-23-20-17-14-11-8-2/h37,41,47,50-51,54,60-61H,7-36,38-40,42-46,48-49,52-53,55-59H2,1-6H3,(H-,64,66,68,69)/b41-37-,50-47+,54-51-. The third kappa shape index (κ3) is 54.8. The van der Waals surface area contributed by atoms with Crippen LogP contribution in [0.4, 0.5) is 0 Å². The Morgan fingerprint density at radius 2 is 0.849 bits per heavy atom. The normalized spacial score (nSPS) is 13.9. The quantitative estimate of drug-likeness (QED) is 0.0212. The summed E-state index contributed by atoms with van der Waals surface area (Å²) >= 11 is 0. The van der Waals surface area contributed by atoms with Crippen molar-refractivity contribution in [1.82, 2.24) is 5.32 Å². The molecule has 0 radical (unpaired) electrons. The fraction of sp³-hybridized carbons (Fsp3) is 0.873. The lowest BCUT2D eigenvalue weighted by Crippen LogP contribution is -2.47. The van der Waals surface area contributed by atoms with Gasteiger partial charge < -0.3 is 28.5 Å². The van der Waals surface area contributed by atoms with Crippen LogP contribution in [0, 0.1) is 0 Å². The third-order valence-electron chi connectivity index (χ3n) is 14.1. The molecule has 73 heavy (non-hydrogen) atoms. The molecular weight excluding hydrogens is 928 g/mol. The summed E-state index contributed by atoms with van der Waals surface area (Å²) in [5.41, 5.74) is 0. The van der Waals surface area contributed by atoms with Crippen molar-refractivity contribution >= 4 is 19.7 Å². The Balaban J connectivity index is 5.12. The van der Waals surface area contributed by atoms with E-state index < -0.39 is 32.5 Å². The number of phosphoric acid groups is 1. The molecule has 3 unspecified atom stereocenters. The molecule has 0 bridgehead atoms. The van der Waals surface area contributed by atoms with Gasteiger partial charge in [0.1, 0.15) is 19.3 Å². The number of amides is 1. The van der Waals surface area contributed by atoms with Crippen LogP contribution < -0.4 is 10.2 Å². The highest BCUT2D eigenvalue weighted by Crippen LogP contribution is 2.38. The van der Waals surface area contributed by atoms with Crippen molar-refractivity contribution in [3.63, 3.8) is 0 Å². The lowest BCUT2D eigenvalue weighted by molar-refractivity contribution is -0.870. The van der Waals surface area contributed by atoms with Crippen molar-refractivity contribution in [3.8, 4) is 0 Å². The van der Waals surface area contributed by atoms with E-state index in [1.165, 1.54) is 212 Å². The molecule has 0 fully saturated rings. The van der Waals surface area contributed by atoms with E-state index in [4.69, 9.17) is 13.8 Å². The minimum atomic E-state index is -4.70. The van der Waals surface area contributed by atoms with Gasteiger partial charge in [-0.25, -0.2) is 0 Å². The maximum atomic E-state index is 13.5. The zero-order valence-electron chi connectivity index (χ0n) is 49.1. The van der Waals surface area contributed by atoms with Crippen molar-refractivity contribution < 1.29 is 37.3 Å². The molecule has 0 aliphatic heterocycles. The van der Waals surface area contributed by atoms with Gasteiger partial charge in [-0.3, -0.25) is 14.2 Å². The molecule has 430 valence electrons. The van der Waals surface area contributed by atoms with Gasteiger partial charge in [0.2, 0.25) is 5.91 Å². The first-order valence-corrected chi connectivity index (χ1v) is 32.8. The summed E-state index contributed by atoms with van der Waals surface area (Å²) in [4.78, 5) is 39.8. The molecule has 1 N–H and O–H groups in total. The van der Waals surface area contributed by atoms with Crippen LogP contribution in [0.3, 0.4) is 0 Å². The van der Waals surface area contributed by atoms with Gasteiger partial charge in [-0.2, -0.15) is 0 Å². The van der Waals surface area contributed by atoms with Crippen molar-refractivity contribution in [2.75, 3.05) is 40.9 Å². The number of likely N-dealkylation sites (N-methyl/N-ethyl adjacent to an activating group) is 1. The van der Waals surface area contributed by atoms with Gasteiger partial charge in [0, 0.05) is 12.8 Å². The number of phosphoric ester groups is 1. The van der Waals surface area contributed by atoms with Gasteiger partial charge in [-0.15, -0.1) is 0 Å². The fourth-order valence-electron chi connectivity index (χ4n) is 9.22. The Morgan fingerprint density at radius 3 is 1.26 bits per heavy atom. The van der Waals surface area contributed by atoms with E-state index in [0.717, 1.165) is 51.4 Å². The minimum Gasteiger partial charge on any atom is -0.756 e. The molecule has 0 aromatic heterocycles. The fourth-order valence-corrected chi connectivity index (χ4v) is 9.95. The summed E-state index contributed by atoms with van der Waals surface area (Å²) in [6.45, 7) is 6.82. The Morgan fingerprint density at radius 1 is 0.479 bits per heavy atom. The smallest absolute Gasteiger partial charge is 0.306 e. The lowest BCUT2D eigenvalue weighted by Gasteiger charge is -2.30. The number of allylic oxidation sites excluding steroid dienone is 5. The van der Waals surface area contributed by atoms with Crippen LogP contribution in [0.15, 0.2) is 36.5 Å². The zero-order chi connectivity index (χ0) is 53.6. The molecule has 0 aromatic carbocycles. The molecule has 0 saturated carbocycles. The minimum absolute atomic E-state index is 0.0274. The summed E-state index contributed by atoms with van der Waals surface area (Å²) in [7, 11) is 1.17. The number of ether oxygens (including phenoxy) is 1. The highest BCUT2D eigenvalue weighted by Gasteiger charge is 2.27. The highest BCUT2D eigenvalue weighted by atomic mass is 31.2.